The molecule has 2 nitrogen and oxygen atoms in total. The standard InChI is InChI=1S/C13H9Br2NO/c14-10-1-3-12-9(7-10)5-6-16(12)8-11-2-4-13(15)17-11/h1-7H,8H2. The Kier molecular flexibility index (Phi) is 2.84. The number of nitrogens with zero attached hydrogens (tertiary/aromatic N) is 1. The third-order valence-corrected chi connectivity index (χ3v) is 3.61. The second-order valence-corrected chi connectivity index (χ2v) is 5.55. The molecule has 0 fully saturated rings. The van der Waals surface area contributed by atoms with Gasteiger partial charge in [-0.3, -0.25) is 0 Å². The molecule has 0 radical (unpaired) electrons. The predicted molar refractivity (Wildman–Crippen MR) is 75.1 cm³/mol. The van der Waals surface area contributed by atoms with Crippen molar-refractivity contribution in [2.45, 2.75) is 6.54 Å². The first-order valence-corrected chi connectivity index (χ1v) is 6.79. The van der Waals surface area contributed by atoms with Crippen LogP contribution in [0.3, 0.4) is 0 Å². The van der Waals surface area contributed by atoms with Crippen LogP contribution in [-0.4, -0.2) is 4.57 Å². The van der Waals surface area contributed by atoms with E-state index in [9.17, 15) is 0 Å². The fourth-order valence-corrected chi connectivity index (χ4v) is 2.63. The topological polar surface area (TPSA) is 18.1 Å². The van der Waals surface area contributed by atoms with E-state index in [4.69, 9.17) is 4.42 Å². The van der Waals surface area contributed by atoms with Crippen LogP contribution in [0, 0.1) is 0 Å². The van der Waals surface area contributed by atoms with Gasteiger partial charge in [0.2, 0.25) is 0 Å². The molecule has 0 unspecified atom stereocenters. The van der Waals surface area contributed by atoms with Crippen LogP contribution < -0.4 is 0 Å². The van der Waals surface area contributed by atoms with Crippen molar-refractivity contribution >= 4 is 42.8 Å². The van der Waals surface area contributed by atoms with E-state index in [0.717, 1.165) is 21.4 Å². The molecule has 0 aliphatic heterocycles. The molecule has 0 spiro atoms. The maximum Gasteiger partial charge on any atom is 0.169 e. The highest BCUT2D eigenvalue weighted by Gasteiger charge is 2.04. The van der Waals surface area contributed by atoms with E-state index in [-0.39, 0.29) is 0 Å². The van der Waals surface area contributed by atoms with Crippen LogP contribution in [0.25, 0.3) is 10.9 Å². The Morgan fingerprint density at radius 1 is 1.06 bits per heavy atom. The summed E-state index contributed by atoms with van der Waals surface area (Å²) in [4.78, 5) is 0. The van der Waals surface area contributed by atoms with Gasteiger partial charge in [-0.25, -0.2) is 0 Å². The lowest BCUT2D eigenvalue weighted by molar-refractivity contribution is 0.477. The summed E-state index contributed by atoms with van der Waals surface area (Å²) in [5.74, 6) is 0.942. The van der Waals surface area contributed by atoms with Gasteiger partial charge in [0.15, 0.2) is 4.67 Å². The number of halogens is 2. The Labute approximate surface area is 115 Å². The van der Waals surface area contributed by atoms with Crippen molar-refractivity contribution in [1.29, 1.82) is 0 Å². The van der Waals surface area contributed by atoms with Gasteiger partial charge in [0.05, 0.1) is 6.54 Å². The first kappa shape index (κ1) is 11.1. The molecule has 0 atom stereocenters. The minimum absolute atomic E-state index is 0.747. The lowest BCUT2D eigenvalue weighted by atomic mass is 10.2. The number of hydrogen-bond acceptors (Lipinski definition) is 1. The monoisotopic (exact) mass is 353 g/mol. The van der Waals surface area contributed by atoms with E-state index < -0.39 is 0 Å². The molecule has 0 aliphatic rings. The summed E-state index contributed by atoms with van der Waals surface area (Å²) in [6.45, 7) is 0.747. The molecule has 0 aliphatic carbocycles. The van der Waals surface area contributed by atoms with E-state index in [2.05, 4.69) is 66.9 Å². The van der Waals surface area contributed by atoms with Crippen molar-refractivity contribution in [3.8, 4) is 0 Å². The molecule has 0 saturated carbocycles. The first-order chi connectivity index (χ1) is 8.22. The largest absolute Gasteiger partial charge is 0.452 e. The van der Waals surface area contributed by atoms with Crippen molar-refractivity contribution in [1.82, 2.24) is 4.57 Å². The molecule has 0 amide bonds. The maximum absolute atomic E-state index is 5.52. The van der Waals surface area contributed by atoms with Gasteiger partial charge in [-0.2, -0.15) is 0 Å². The summed E-state index contributed by atoms with van der Waals surface area (Å²) in [5.41, 5.74) is 1.21. The van der Waals surface area contributed by atoms with Crippen molar-refractivity contribution in [3.63, 3.8) is 0 Å². The van der Waals surface area contributed by atoms with Gasteiger partial charge in [-0.15, -0.1) is 0 Å². The van der Waals surface area contributed by atoms with Crippen molar-refractivity contribution in [2.24, 2.45) is 0 Å². The summed E-state index contributed by atoms with van der Waals surface area (Å²) in [7, 11) is 0. The van der Waals surface area contributed by atoms with Crippen molar-refractivity contribution in [3.05, 3.63) is 57.5 Å². The number of furan rings is 1. The molecule has 4 heteroatoms. The van der Waals surface area contributed by atoms with E-state index >= 15 is 0 Å². The fourth-order valence-electron chi connectivity index (χ4n) is 1.91. The molecule has 2 heterocycles. The number of benzene rings is 1. The molecule has 2 aromatic heterocycles. The number of rotatable bonds is 2. The zero-order chi connectivity index (χ0) is 11.8. The van der Waals surface area contributed by atoms with Crippen LogP contribution in [0.1, 0.15) is 5.76 Å². The Hall–Kier alpha value is -1.000. The van der Waals surface area contributed by atoms with Gasteiger partial charge in [-0.05, 0) is 52.3 Å². The van der Waals surface area contributed by atoms with E-state index in [0.29, 0.717) is 0 Å². The van der Waals surface area contributed by atoms with Gasteiger partial charge in [0, 0.05) is 21.6 Å². The van der Waals surface area contributed by atoms with Gasteiger partial charge in [0.25, 0.3) is 0 Å². The zero-order valence-electron chi connectivity index (χ0n) is 8.86. The summed E-state index contributed by atoms with van der Waals surface area (Å²) < 4.78 is 9.56. The summed E-state index contributed by atoms with van der Waals surface area (Å²) in [6.07, 6.45) is 2.08. The Morgan fingerprint density at radius 3 is 2.71 bits per heavy atom. The van der Waals surface area contributed by atoms with Gasteiger partial charge >= 0.3 is 0 Å². The average Bonchev–Trinajstić information content (AvgIpc) is 2.86. The summed E-state index contributed by atoms with van der Waals surface area (Å²) in [6, 6.07) is 12.3. The molecule has 0 saturated heterocycles. The Balaban J connectivity index is 2.00. The van der Waals surface area contributed by atoms with Gasteiger partial charge in [-0.1, -0.05) is 15.9 Å². The summed E-state index contributed by atoms with van der Waals surface area (Å²) >= 11 is 6.79. The highest BCUT2D eigenvalue weighted by molar-refractivity contribution is 9.10. The van der Waals surface area contributed by atoms with Crippen molar-refractivity contribution in [2.75, 3.05) is 0 Å². The smallest absolute Gasteiger partial charge is 0.169 e. The normalized spacial score (nSPS) is 11.2. The first-order valence-electron chi connectivity index (χ1n) is 5.21. The molecule has 3 rings (SSSR count). The molecule has 0 bridgehead atoms. The maximum atomic E-state index is 5.52. The highest BCUT2D eigenvalue weighted by atomic mass is 79.9. The third kappa shape index (κ3) is 2.19. The second kappa shape index (κ2) is 4.35. The minimum Gasteiger partial charge on any atom is -0.452 e. The van der Waals surface area contributed by atoms with Gasteiger partial charge < -0.3 is 8.98 Å². The van der Waals surface area contributed by atoms with Gasteiger partial charge in [0.1, 0.15) is 5.76 Å². The number of fused-ring (bicyclic) bond motifs is 1. The van der Waals surface area contributed by atoms with Crippen LogP contribution in [0.2, 0.25) is 0 Å². The second-order valence-electron chi connectivity index (χ2n) is 3.85. The predicted octanol–water partition coefficient (Wildman–Crippen LogP) is 4.81. The molecular weight excluding hydrogens is 346 g/mol. The lowest BCUT2D eigenvalue weighted by Gasteiger charge is -2.02. The van der Waals surface area contributed by atoms with Crippen LogP contribution in [0.15, 0.2) is 56.2 Å². The van der Waals surface area contributed by atoms with Crippen LogP contribution >= 0.6 is 31.9 Å². The quantitative estimate of drug-likeness (QED) is 0.646. The summed E-state index contributed by atoms with van der Waals surface area (Å²) in [5, 5.41) is 1.23. The van der Waals surface area contributed by atoms with Crippen LogP contribution in [0.4, 0.5) is 0 Å². The molecule has 86 valence electrons. The van der Waals surface area contributed by atoms with E-state index in [1.54, 1.807) is 0 Å². The third-order valence-electron chi connectivity index (χ3n) is 2.69. The molecular formula is C13H9Br2NO. The molecule has 17 heavy (non-hydrogen) atoms. The Bertz CT molecular complexity index is 669. The molecule has 0 N–H and O–H groups in total. The van der Waals surface area contributed by atoms with E-state index in [1.807, 2.05) is 12.1 Å². The average molecular weight is 355 g/mol. The Morgan fingerprint density at radius 2 is 1.94 bits per heavy atom. The fraction of sp³-hybridized carbons (Fsp3) is 0.0769. The highest BCUT2D eigenvalue weighted by Crippen LogP contribution is 2.22. The number of aromatic nitrogens is 1. The number of hydrogen-bond donors (Lipinski definition) is 0. The minimum atomic E-state index is 0.747. The van der Waals surface area contributed by atoms with E-state index in [1.165, 1.54) is 10.9 Å². The zero-order valence-corrected chi connectivity index (χ0v) is 12.0. The SMILES string of the molecule is Brc1ccc2c(ccn2Cc2ccc(Br)o2)c1. The van der Waals surface area contributed by atoms with Crippen molar-refractivity contribution < 1.29 is 4.42 Å². The van der Waals surface area contributed by atoms with Crippen LogP contribution in [0.5, 0.6) is 0 Å². The molecule has 1 aromatic carbocycles. The molecule has 3 aromatic rings. The van der Waals surface area contributed by atoms with Crippen LogP contribution in [-0.2, 0) is 6.54 Å². The lowest BCUT2D eigenvalue weighted by Crippen LogP contribution is -1.95.